The van der Waals surface area contributed by atoms with Gasteiger partial charge in [0.25, 0.3) is 0 Å². The van der Waals surface area contributed by atoms with E-state index in [1.165, 1.54) is 0 Å². The van der Waals surface area contributed by atoms with Crippen LogP contribution in [0.25, 0.3) is 0 Å². The number of aliphatic carboxylic acids is 1. The Balaban J connectivity index is 3.87. The average Bonchev–Trinajstić information content (AvgIpc) is 2.23. The largest absolute Gasteiger partial charge is 0.481 e. The van der Waals surface area contributed by atoms with E-state index >= 15 is 0 Å². The number of urea groups is 1. The van der Waals surface area contributed by atoms with Crippen LogP contribution in [0, 0.1) is 5.92 Å². The minimum Gasteiger partial charge on any atom is -0.481 e. The zero-order chi connectivity index (χ0) is 13.3. The molecule has 5 nitrogen and oxygen atoms in total. The lowest BCUT2D eigenvalue weighted by atomic mass is 10.0. The van der Waals surface area contributed by atoms with Crippen molar-refractivity contribution in [3.63, 3.8) is 0 Å². The van der Waals surface area contributed by atoms with Crippen LogP contribution in [-0.4, -0.2) is 29.7 Å². The van der Waals surface area contributed by atoms with Crippen LogP contribution >= 0.6 is 0 Å². The molecule has 0 aromatic heterocycles. The van der Waals surface area contributed by atoms with Crippen molar-refractivity contribution >= 4 is 12.0 Å². The third-order valence-corrected chi connectivity index (χ3v) is 2.49. The molecule has 0 rings (SSSR count). The van der Waals surface area contributed by atoms with Gasteiger partial charge in [-0.05, 0) is 19.3 Å². The van der Waals surface area contributed by atoms with E-state index < -0.39 is 5.97 Å². The summed E-state index contributed by atoms with van der Waals surface area (Å²) < 4.78 is 0. The number of nitrogens with one attached hydrogen (secondary N) is 2. The molecule has 0 radical (unpaired) electrons. The van der Waals surface area contributed by atoms with E-state index in [0.717, 1.165) is 6.42 Å². The van der Waals surface area contributed by atoms with Crippen LogP contribution in [0.3, 0.4) is 0 Å². The number of carboxylic acids is 1. The molecule has 0 saturated heterocycles. The number of amides is 2. The van der Waals surface area contributed by atoms with E-state index in [0.29, 0.717) is 13.0 Å². The van der Waals surface area contributed by atoms with Crippen LogP contribution < -0.4 is 10.6 Å². The molecule has 0 bridgehead atoms. The summed E-state index contributed by atoms with van der Waals surface area (Å²) in [6, 6.07) is -0.227. The van der Waals surface area contributed by atoms with Crippen LogP contribution in [0.4, 0.5) is 4.79 Å². The van der Waals surface area contributed by atoms with Crippen molar-refractivity contribution in [2.75, 3.05) is 6.54 Å². The predicted molar refractivity (Wildman–Crippen MR) is 66.8 cm³/mol. The molecule has 0 fully saturated rings. The second kappa shape index (κ2) is 8.61. The van der Waals surface area contributed by atoms with E-state index in [1.807, 2.05) is 13.8 Å². The first-order chi connectivity index (χ1) is 7.99. The van der Waals surface area contributed by atoms with Gasteiger partial charge in [-0.25, -0.2) is 4.79 Å². The minimum atomic E-state index is -0.834. The van der Waals surface area contributed by atoms with Gasteiger partial charge in [-0.2, -0.15) is 0 Å². The Morgan fingerprint density at radius 1 is 1.47 bits per heavy atom. The fourth-order valence-corrected chi connectivity index (χ4v) is 1.43. The lowest BCUT2D eigenvalue weighted by Gasteiger charge is -2.16. The molecule has 17 heavy (non-hydrogen) atoms. The smallest absolute Gasteiger partial charge is 0.315 e. The first-order valence-corrected chi connectivity index (χ1v) is 5.86. The molecule has 0 aromatic rings. The molecule has 0 saturated carbocycles. The van der Waals surface area contributed by atoms with Gasteiger partial charge in [0.1, 0.15) is 0 Å². The zero-order valence-corrected chi connectivity index (χ0v) is 10.5. The Morgan fingerprint density at radius 2 is 2.12 bits per heavy atom. The van der Waals surface area contributed by atoms with Gasteiger partial charge in [0.15, 0.2) is 0 Å². The Hall–Kier alpha value is -1.52. The number of hydrogen-bond acceptors (Lipinski definition) is 2. The average molecular weight is 242 g/mol. The SMILES string of the molecule is C=CCC(C)NC(=O)NCC(CC)CC(=O)O. The summed E-state index contributed by atoms with van der Waals surface area (Å²) in [6.07, 6.45) is 3.26. The lowest BCUT2D eigenvalue weighted by molar-refractivity contribution is -0.138. The standard InChI is InChI=1S/C12H22N2O3/c1-4-6-9(3)14-12(17)13-8-10(5-2)7-11(15)16/h4,9-10H,1,5-8H2,2-3H3,(H,15,16)(H2,13,14,17). The van der Waals surface area contributed by atoms with Gasteiger partial charge < -0.3 is 15.7 Å². The summed E-state index contributed by atoms with van der Waals surface area (Å²) in [5, 5.41) is 14.1. The molecule has 0 aliphatic heterocycles. The quantitative estimate of drug-likeness (QED) is 0.567. The van der Waals surface area contributed by atoms with Gasteiger partial charge in [-0.1, -0.05) is 19.4 Å². The highest BCUT2D eigenvalue weighted by molar-refractivity contribution is 5.74. The molecular weight excluding hydrogens is 220 g/mol. The minimum absolute atomic E-state index is 0.0204. The van der Waals surface area contributed by atoms with E-state index in [1.54, 1.807) is 6.08 Å². The highest BCUT2D eigenvalue weighted by Gasteiger charge is 2.13. The molecule has 0 spiro atoms. The highest BCUT2D eigenvalue weighted by Crippen LogP contribution is 2.06. The van der Waals surface area contributed by atoms with Gasteiger partial charge in [0.05, 0.1) is 0 Å². The summed E-state index contributed by atoms with van der Waals surface area (Å²) in [4.78, 5) is 22.0. The molecule has 0 aliphatic carbocycles. The van der Waals surface area contributed by atoms with Crippen molar-refractivity contribution in [3.05, 3.63) is 12.7 Å². The van der Waals surface area contributed by atoms with E-state index in [2.05, 4.69) is 17.2 Å². The number of carboxylic acid groups (broad SMARTS) is 1. The zero-order valence-electron chi connectivity index (χ0n) is 10.5. The Labute approximate surface area is 102 Å². The summed E-state index contributed by atoms with van der Waals surface area (Å²) in [5.41, 5.74) is 0. The second-order valence-corrected chi connectivity index (χ2v) is 4.15. The third-order valence-electron chi connectivity index (χ3n) is 2.49. The maximum Gasteiger partial charge on any atom is 0.315 e. The maximum absolute atomic E-state index is 11.4. The van der Waals surface area contributed by atoms with Crippen LogP contribution in [0.5, 0.6) is 0 Å². The second-order valence-electron chi connectivity index (χ2n) is 4.15. The molecule has 5 heteroatoms. The van der Waals surface area contributed by atoms with Gasteiger partial charge in [0, 0.05) is 19.0 Å². The van der Waals surface area contributed by atoms with Crippen molar-refractivity contribution in [2.45, 2.75) is 39.2 Å². The van der Waals surface area contributed by atoms with E-state index in [9.17, 15) is 9.59 Å². The van der Waals surface area contributed by atoms with Crippen molar-refractivity contribution in [1.82, 2.24) is 10.6 Å². The molecule has 0 heterocycles. The van der Waals surface area contributed by atoms with Crippen molar-refractivity contribution < 1.29 is 14.7 Å². The molecule has 3 N–H and O–H groups in total. The van der Waals surface area contributed by atoms with Gasteiger partial charge in [-0.3, -0.25) is 4.79 Å². The Bertz CT molecular complexity index is 266. The van der Waals surface area contributed by atoms with Crippen molar-refractivity contribution in [1.29, 1.82) is 0 Å². The summed E-state index contributed by atoms with van der Waals surface area (Å²) in [5.74, 6) is -0.855. The number of rotatable bonds is 8. The molecule has 2 amide bonds. The van der Waals surface area contributed by atoms with Crippen molar-refractivity contribution in [3.8, 4) is 0 Å². The molecule has 2 atom stereocenters. The molecule has 2 unspecified atom stereocenters. The predicted octanol–water partition coefficient (Wildman–Crippen LogP) is 1.75. The fourth-order valence-electron chi connectivity index (χ4n) is 1.43. The number of carbonyl (C=O) groups is 2. The molecular formula is C12H22N2O3. The topological polar surface area (TPSA) is 78.4 Å². The third kappa shape index (κ3) is 8.30. The number of hydrogen-bond donors (Lipinski definition) is 3. The summed E-state index contributed by atoms with van der Waals surface area (Å²) in [6.45, 7) is 7.77. The number of carbonyl (C=O) groups excluding carboxylic acids is 1. The molecule has 0 aromatic carbocycles. The molecule has 0 aliphatic rings. The first-order valence-electron chi connectivity index (χ1n) is 5.86. The first kappa shape index (κ1) is 15.5. The van der Waals surface area contributed by atoms with Crippen LogP contribution in [0.15, 0.2) is 12.7 Å². The lowest BCUT2D eigenvalue weighted by Crippen LogP contribution is -2.42. The van der Waals surface area contributed by atoms with Crippen molar-refractivity contribution in [2.24, 2.45) is 5.92 Å². The molecule has 98 valence electrons. The van der Waals surface area contributed by atoms with Gasteiger partial charge in [0.2, 0.25) is 0 Å². The Kier molecular flexibility index (Phi) is 7.84. The van der Waals surface area contributed by atoms with E-state index in [4.69, 9.17) is 5.11 Å². The monoisotopic (exact) mass is 242 g/mol. The summed E-state index contributed by atoms with van der Waals surface area (Å²) in [7, 11) is 0. The van der Waals surface area contributed by atoms with Gasteiger partial charge in [-0.15, -0.1) is 6.58 Å². The summed E-state index contributed by atoms with van der Waals surface area (Å²) >= 11 is 0. The maximum atomic E-state index is 11.4. The normalized spacial score (nSPS) is 13.5. The van der Waals surface area contributed by atoms with E-state index in [-0.39, 0.29) is 24.4 Å². The van der Waals surface area contributed by atoms with Crippen LogP contribution in [0.2, 0.25) is 0 Å². The fraction of sp³-hybridized carbons (Fsp3) is 0.667. The highest BCUT2D eigenvalue weighted by atomic mass is 16.4. The van der Waals surface area contributed by atoms with Gasteiger partial charge >= 0.3 is 12.0 Å². The van der Waals surface area contributed by atoms with Crippen LogP contribution in [-0.2, 0) is 4.79 Å². The Morgan fingerprint density at radius 3 is 2.59 bits per heavy atom. The van der Waals surface area contributed by atoms with Crippen LogP contribution in [0.1, 0.15) is 33.1 Å².